The Balaban J connectivity index is 2.66. The van der Waals surface area contributed by atoms with E-state index in [-0.39, 0.29) is 17.0 Å². The van der Waals surface area contributed by atoms with Gasteiger partial charge in [0.1, 0.15) is 5.82 Å². The fraction of sp³-hybridized carbons (Fsp3) is 0.200. The minimum absolute atomic E-state index is 0.209. The Kier molecular flexibility index (Phi) is 2.32. The van der Waals surface area contributed by atoms with Gasteiger partial charge in [0.25, 0.3) is 5.56 Å². The van der Waals surface area contributed by atoms with Gasteiger partial charge in [-0.05, 0) is 24.8 Å². The van der Waals surface area contributed by atoms with Crippen LogP contribution >= 0.6 is 11.3 Å². The molecule has 2 heterocycles. The van der Waals surface area contributed by atoms with Crippen molar-refractivity contribution in [3.8, 4) is 17.3 Å². The lowest BCUT2D eigenvalue weighted by Gasteiger charge is -2.02. The summed E-state index contributed by atoms with van der Waals surface area (Å²) < 4.78 is 0. The molecule has 0 radical (unpaired) electrons. The topological polar surface area (TPSA) is 66.0 Å². The second kappa shape index (κ2) is 3.51. The van der Waals surface area contributed by atoms with Gasteiger partial charge in [-0.15, -0.1) is 0 Å². The summed E-state index contributed by atoms with van der Waals surface area (Å²) in [7, 11) is 0. The first-order valence-corrected chi connectivity index (χ1v) is 5.37. The van der Waals surface area contributed by atoms with Crippen molar-refractivity contribution in [2.24, 2.45) is 0 Å². The Morgan fingerprint density at radius 3 is 2.67 bits per heavy atom. The van der Waals surface area contributed by atoms with Gasteiger partial charge in [-0.2, -0.15) is 16.3 Å². The van der Waals surface area contributed by atoms with E-state index in [9.17, 15) is 9.90 Å². The Labute approximate surface area is 90.3 Å². The zero-order valence-electron chi connectivity index (χ0n) is 8.37. The average Bonchev–Trinajstić information content (AvgIpc) is 2.60. The molecule has 2 aromatic rings. The number of thiophene rings is 1. The number of hydrogen-bond acceptors (Lipinski definition) is 4. The summed E-state index contributed by atoms with van der Waals surface area (Å²) in [6.45, 7) is 3.47. The highest BCUT2D eigenvalue weighted by Crippen LogP contribution is 2.24. The van der Waals surface area contributed by atoms with Crippen molar-refractivity contribution in [2.75, 3.05) is 0 Å². The third-order valence-corrected chi connectivity index (χ3v) is 3.10. The van der Waals surface area contributed by atoms with Crippen LogP contribution < -0.4 is 5.56 Å². The normalized spacial score (nSPS) is 10.5. The van der Waals surface area contributed by atoms with Crippen LogP contribution in [0.2, 0.25) is 0 Å². The van der Waals surface area contributed by atoms with Crippen molar-refractivity contribution in [3.63, 3.8) is 0 Å². The van der Waals surface area contributed by atoms with E-state index in [0.29, 0.717) is 5.82 Å². The molecule has 0 saturated heterocycles. The first-order chi connectivity index (χ1) is 7.09. The van der Waals surface area contributed by atoms with Crippen LogP contribution in [0.3, 0.4) is 0 Å². The zero-order chi connectivity index (χ0) is 11.0. The number of rotatable bonds is 1. The van der Waals surface area contributed by atoms with Crippen LogP contribution in [0.25, 0.3) is 11.4 Å². The Bertz CT molecular complexity index is 557. The summed E-state index contributed by atoms with van der Waals surface area (Å²) in [5.41, 5.74) is 1.83. The molecular formula is C10H10N2O2S. The average molecular weight is 222 g/mol. The van der Waals surface area contributed by atoms with Gasteiger partial charge in [0.15, 0.2) is 0 Å². The molecule has 0 bridgehead atoms. The molecule has 0 aliphatic carbocycles. The quantitative estimate of drug-likeness (QED) is 0.773. The molecule has 78 valence electrons. The smallest absolute Gasteiger partial charge is 0.257 e. The molecular weight excluding hydrogens is 212 g/mol. The van der Waals surface area contributed by atoms with Crippen LogP contribution in [0, 0.1) is 13.8 Å². The van der Waals surface area contributed by atoms with Crippen LogP contribution in [0.4, 0.5) is 0 Å². The maximum atomic E-state index is 11.4. The van der Waals surface area contributed by atoms with Gasteiger partial charge < -0.3 is 10.1 Å². The predicted molar refractivity (Wildman–Crippen MR) is 59.3 cm³/mol. The van der Waals surface area contributed by atoms with Gasteiger partial charge in [0.2, 0.25) is 5.88 Å². The highest BCUT2D eigenvalue weighted by atomic mass is 32.1. The lowest BCUT2D eigenvalue weighted by Crippen LogP contribution is -2.12. The van der Waals surface area contributed by atoms with E-state index in [1.54, 1.807) is 0 Å². The van der Waals surface area contributed by atoms with Crippen LogP contribution in [0.5, 0.6) is 5.88 Å². The number of aromatic hydroxyl groups is 1. The summed E-state index contributed by atoms with van der Waals surface area (Å²) >= 11 is 1.53. The summed E-state index contributed by atoms with van der Waals surface area (Å²) in [6.07, 6.45) is 0. The molecule has 4 nitrogen and oxygen atoms in total. The van der Waals surface area contributed by atoms with E-state index in [1.165, 1.54) is 18.3 Å². The molecule has 0 atom stereocenters. The number of aromatic amines is 1. The highest BCUT2D eigenvalue weighted by molar-refractivity contribution is 7.08. The van der Waals surface area contributed by atoms with E-state index in [4.69, 9.17) is 0 Å². The number of H-pyrrole nitrogens is 1. The van der Waals surface area contributed by atoms with Crippen LogP contribution in [0.1, 0.15) is 11.1 Å². The SMILES string of the molecule is Cc1cscc1-c1nc(O)c(C)c(=O)[nH]1. The maximum absolute atomic E-state index is 11.4. The largest absolute Gasteiger partial charge is 0.493 e. The second-order valence-corrected chi connectivity index (χ2v) is 4.08. The molecule has 0 unspecified atom stereocenters. The van der Waals surface area contributed by atoms with Crippen molar-refractivity contribution >= 4 is 11.3 Å². The molecule has 0 amide bonds. The van der Waals surface area contributed by atoms with Crippen molar-refractivity contribution < 1.29 is 5.11 Å². The predicted octanol–water partition coefficient (Wildman–Crippen LogP) is 1.82. The number of nitrogens with one attached hydrogen (secondary N) is 1. The molecule has 2 rings (SSSR count). The van der Waals surface area contributed by atoms with Crippen molar-refractivity contribution in [2.45, 2.75) is 13.8 Å². The summed E-state index contributed by atoms with van der Waals surface area (Å²) in [5, 5.41) is 13.3. The van der Waals surface area contributed by atoms with E-state index in [1.807, 2.05) is 17.7 Å². The molecule has 15 heavy (non-hydrogen) atoms. The van der Waals surface area contributed by atoms with Gasteiger partial charge in [-0.3, -0.25) is 4.79 Å². The number of aryl methyl sites for hydroxylation is 1. The van der Waals surface area contributed by atoms with Crippen molar-refractivity contribution in [1.82, 2.24) is 9.97 Å². The summed E-state index contributed by atoms with van der Waals surface area (Å²) in [4.78, 5) is 18.0. The number of aromatic nitrogens is 2. The van der Waals surface area contributed by atoms with Gasteiger partial charge in [-0.1, -0.05) is 0 Å². The third-order valence-electron chi connectivity index (χ3n) is 2.24. The van der Waals surface area contributed by atoms with Crippen molar-refractivity contribution in [1.29, 1.82) is 0 Å². The van der Waals surface area contributed by atoms with Crippen LogP contribution in [-0.2, 0) is 0 Å². The van der Waals surface area contributed by atoms with E-state index < -0.39 is 0 Å². The van der Waals surface area contributed by atoms with E-state index >= 15 is 0 Å². The Hall–Kier alpha value is -1.62. The molecule has 0 spiro atoms. The molecule has 2 aromatic heterocycles. The van der Waals surface area contributed by atoms with E-state index in [0.717, 1.165) is 11.1 Å². The first-order valence-electron chi connectivity index (χ1n) is 4.42. The summed E-state index contributed by atoms with van der Waals surface area (Å²) in [6, 6.07) is 0. The lowest BCUT2D eigenvalue weighted by atomic mass is 10.2. The summed E-state index contributed by atoms with van der Waals surface area (Å²) in [5.74, 6) is 0.209. The van der Waals surface area contributed by atoms with Crippen LogP contribution in [-0.4, -0.2) is 15.1 Å². The number of hydrogen-bond donors (Lipinski definition) is 2. The van der Waals surface area contributed by atoms with Gasteiger partial charge in [0, 0.05) is 10.9 Å². The molecule has 0 aliphatic rings. The standard InChI is InChI=1S/C10H10N2O2S/c1-5-3-15-4-7(5)8-11-9(13)6(2)10(14)12-8/h3-4H,1-2H3,(H2,11,12,13,14). The molecule has 0 aliphatic heterocycles. The highest BCUT2D eigenvalue weighted by Gasteiger charge is 2.09. The maximum Gasteiger partial charge on any atom is 0.257 e. The minimum atomic E-state index is -0.303. The lowest BCUT2D eigenvalue weighted by molar-refractivity contribution is 0.447. The molecule has 0 saturated carbocycles. The fourth-order valence-corrected chi connectivity index (χ4v) is 2.08. The molecule has 2 N–H and O–H groups in total. The first kappa shape index (κ1) is 9.92. The second-order valence-electron chi connectivity index (χ2n) is 3.33. The molecule has 0 aromatic carbocycles. The zero-order valence-corrected chi connectivity index (χ0v) is 9.18. The van der Waals surface area contributed by atoms with E-state index in [2.05, 4.69) is 9.97 Å². The third kappa shape index (κ3) is 1.66. The van der Waals surface area contributed by atoms with Gasteiger partial charge in [0.05, 0.1) is 5.56 Å². The fourth-order valence-electron chi connectivity index (χ4n) is 1.25. The monoisotopic (exact) mass is 222 g/mol. The molecule has 5 heteroatoms. The van der Waals surface area contributed by atoms with Crippen LogP contribution in [0.15, 0.2) is 15.6 Å². The van der Waals surface area contributed by atoms with Gasteiger partial charge in [-0.25, -0.2) is 0 Å². The van der Waals surface area contributed by atoms with Crippen molar-refractivity contribution in [3.05, 3.63) is 32.2 Å². The minimum Gasteiger partial charge on any atom is -0.493 e. The Morgan fingerprint density at radius 1 is 1.40 bits per heavy atom. The Morgan fingerprint density at radius 2 is 2.13 bits per heavy atom. The van der Waals surface area contributed by atoms with Gasteiger partial charge >= 0.3 is 0 Å². The molecule has 0 fully saturated rings. The number of nitrogens with zero attached hydrogens (tertiary/aromatic N) is 1.